The normalized spacial score (nSPS) is 17.9. The summed E-state index contributed by atoms with van der Waals surface area (Å²) in [6.45, 7) is 0. The minimum absolute atomic E-state index is 0.379. The molecule has 7 heteroatoms. The second-order valence-corrected chi connectivity index (χ2v) is 5.67. The van der Waals surface area contributed by atoms with E-state index in [1.54, 1.807) is 6.20 Å². The van der Waals surface area contributed by atoms with Gasteiger partial charge in [-0.1, -0.05) is 18.2 Å². The summed E-state index contributed by atoms with van der Waals surface area (Å²) < 4.78 is 0. The van der Waals surface area contributed by atoms with Gasteiger partial charge in [-0.25, -0.2) is 9.59 Å². The third-order valence-electron chi connectivity index (χ3n) is 3.27. The SMILES string of the molecule is O=C(O)C1CSCN1C(=O)Nc1cnc2ccccc2c1. The second-order valence-electron chi connectivity index (χ2n) is 4.67. The van der Waals surface area contributed by atoms with Crippen LogP contribution in [-0.4, -0.2) is 44.7 Å². The first kappa shape index (κ1) is 13.7. The molecule has 21 heavy (non-hydrogen) atoms. The highest BCUT2D eigenvalue weighted by atomic mass is 32.2. The van der Waals surface area contributed by atoms with E-state index in [-0.39, 0.29) is 0 Å². The number of aromatic nitrogens is 1. The maximum atomic E-state index is 12.2. The van der Waals surface area contributed by atoms with E-state index in [9.17, 15) is 9.59 Å². The number of rotatable bonds is 2. The van der Waals surface area contributed by atoms with Crippen LogP contribution in [0.5, 0.6) is 0 Å². The van der Waals surface area contributed by atoms with E-state index in [4.69, 9.17) is 5.11 Å². The largest absolute Gasteiger partial charge is 0.480 e. The number of benzene rings is 1. The van der Waals surface area contributed by atoms with Gasteiger partial charge in [0.15, 0.2) is 0 Å². The summed E-state index contributed by atoms with van der Waals surface area (Å²) in [7, 11) is 0. The van der Waals surface area contributed by atoms with Crippen molar-refractivity contribution in [3.05, 3.63) is 36.5 Å². The van der Waals surface area contributed by atoms with Gasteiger partial charge in [0.2, 0.25) is 0 Å². The standard InChI is InChI=1S/C14H13N3O3S/c18-13(19)12-7-21-8-17(12)14(20)16-10-5-9-3-1-2-4-11(9)15-6-10/h1-6,12H,7-8H2,(H,16,20)(H,18,19). The first-order chi connectivity index (χ1) is 10.1. The molecule has 2 amide bonds. The number of anilines is 1. The Morgan fingerprint density at radius 2 is 2.19 bits per heavy atom. The van der Waals surface area contributed by atoms with Gasteiger partial charge in [0.05, 0.1) is 23.3 Å². The quantitative estimate of drug-likeness (QED) is 0.889. The van der Waals surface area contributed by atoms with Crippen LogP contribution in [0, 0.1) is 0 Å². The molecule has 1 saturated heterocycles. The number of urea groups is 1. The number of nitrogens with one attached hydrogen (secondary N) is 1. The Balaban J connectivity index is 1.78. The number of amides is 2. The topological polar surface area (TPSA) is 82.5 Å². The van der Waals surface area contributed by atoms with Crippen molar-refractivity contribution in [3.8, 4) is 0 Å². The van der Waals surface area contributed by atoms with Gasteiger partial charge in [0.1, 0.15) is 6.04 Å². The summed E-state index contributed by atoms with van der Waals surface area (Å²) in [4.78, 5) is 28.9. The van der Waals surface area contributed by atoms with Gasteiger partial charge in [0.25, 0.3) is 0 Å². The van der Waals surface area contributed by atoms with Crippen LogP contribution in [0.15, 0.2) is 36.5 Å². The highest BCUT2D eigenvalue weighted by molar-refractivity contribution is 7.99. The Bertz CT molecular complexity index is 707. The fraction of sp³-hybridized carbons (Fsp3) is 0.214. The molecule has 0 radical (unpaired) electrons. The van der Waals surface area contributed by atoms with Gasteiger partial charge in [-0.3, -0.25) is 4.98 Å². The van der Waals surface area contributed by atoms with Crippen molar-refractivity contribution in [2.24, 2.45) is 0 Å². The third kappa shape index (κ3) is 2.78. The minimum atomic E-state index is -0.980. The molecule has 1 aliphatic heterocycles. The van der Waals surface area contributed by atoms with Crippen molar-refractivity contribution in [1.82, 2.24) is 9.88 Å². The van der Waals surface area contributed by atoms with E-state index in [0.29, 0.717) is 17.3 Å². The molecule has 2 heterocycles. The Morgan fingerprint density at radius 1 is 1.38 bits per heavy atom. The first-order valence-electron chi connectivity index (χ1n) is 6.38. The summed E-state index contributed by atoms with van der Waals surface area (Å²) in [6, 6.07) is 8.22. The maximum Gasteiger partial charge on any atom is 0.327 e. The molecule has 0 spiro atoms. The molecule has 1 fully saturated rings. The minimum Gasteiger partial charge on any atom is -0.480 e. The zero-order valence-electron chi connectivity index (χ0n) is 11.0. The molecular formula is C14H13N3O3S. The van der Waals surface area contributed by atoms with E-state index in [1.165, 1.54) is 16.7 Å². The zero-order chi connectivity index (χ0) is 14.8. The fourth-order valence-corrected chi connectivity index (χ4v) is 3.33. The molecule has 1 atom stereocenters. The molecular weight excluding hydrogens is 290 g/mol. The highest BCUT2D eigenvalue weighted by Crippen LogP contribution is 2.23. The lowest BCUT2D eigenvalue weighted by molar-refractivity contribution is -0.140. The van der Waals surface area contributed by atoms with Crippen LogP contribution in [0.2, 0.25) is 0 Å². The molecule has 1 aromatic carbocycles. The fourth-order valence-electron chi connectivity index (χ4n) is 2.18. The molecule has 0 bridgehead atoms. The molecule has 6 nitrogen and oxygen atoms in total. The summed E-state index contributed by atoms with van der Waals surface area (Å²) in [5.74, 6) is -0.186. The maximum absolute atomic E-state index is 12.2. The molecule has 3 rings (SSSR count). The smallest absolute Gasteiger partial charge is 0.327 e. The van der Waals surface area contributed by atoms with Crippen LogP contribution in [0.4, 0.5) is 10.5 Å². The van der Waals surface area contributed by atoms with Crippen LogP contribution >= 0.6 is 11.8 Å². The molecule has 1 aliphatic rings. The highest BCUT2D eigenvalue weighted by Gasteiger charge is 2.34. The van der Waals surface area contributed by atoms with E-state index >= 15 is 0 Å². The van der Waals surface area contributed by atoms with Crippen molar-refractivity contribution in [3.63, 3.8) is 0 Å². The Kier molecular flexibility index (Phi) is 3.66. The lowest BCUT2D eigenvalue weighted by Gasteiger charge is -2.20. The zero-order valence-corrected chi connectivity index (χ0v) is 11.8. The molecule has 2 N–H and O–H groups in total. The lowest BCUT2D eigenvalue weighted by atomic mass is 10.2. The van der Waals surface area contributed by atoms with Gasteiger partial charge < -0.3 is 15.3 Å². The third-order valence-corrected chi connectivity index (χ3v) is 4.28. The lowest BCUT2D eigenvalue weighted by Crippen LogP contribution is -2.43. The number of carboxylic acids is 1. The first-order valence-corrected chi connectivity index (χ1v) is 7.53. The van der Waals surface area contributed by atoms with Crippen LogP contribution in [0.3, 0.4) is 0 Å². The molecule has 1 aromatic heterocycles. The van der Waals surface area contributed by atoms with Gasteiger partial charge in [0, 0.05) is 11.1 Å². The Labute approximate surface area is 125 Å². The number of carboxylic acid groups (broad SMARTS) is 1. The predicted molar refractivity (Wildman–Crippen MR) is 81.3 cm³/mol. The summed E-state index contributed by atoms with van der Waals surface area (Å²) in [5.41, 5.74) is 1.40. The average Bonchev–Trinajstić information content (AvgIpc) is 2.97. The number of pyridine rings is 1. The number of carbonyl (C=O) groups is 2. The van der Waals surface area contributed by atoms with E-state index in [2.05, 4.69) is 10.3 Å². The molecule has 108 valence electrons. The van der Waals surface area contributed by atoms with E-state index in [0.717, 1.165) is 10.9 Å². The van der Waals surface area contributed by atoms with Crippen molar-refractivity contribution < 1.29 is 14.7 Å². The Morgan fingerprint density at radius 3 is 3.00 bits per heavy atom. The number of para-hydroxylation sites is 1. The van der Waals surface area contributed by atoms with Crippen molar-refractivity contribution in [2.45, 2.75) is 6.04 Å². The number of fused-ring (bicyclic) bond motifs is 1. The Hall–Kier alpha value is -2.28. The van der Waals surface area contributed by atoms with Gasteiger partial charge in [-0.15, -0.1) is 11.8 Å². The van der Waals surface area contributed by atoms with Crippen LogP contribution in [-0.2, 0) is 4.79 Å². The predicted octanol–water partition coefficient (Wildman–Crippen LogP) is 2.23. The van der Waals surface area contributed by atoms with Crippen molar-refractivity contribution in [1.29, 1.82) is 0 Å². The van der Waals surface area contributed by atoms with Crippen molar-refractivity contribution >= 4 is 40.4 Å². The van der Waals surface area contributed by atoms with E-state index in [1.807, 2.05) is 30.3 Å². The number of hydrogen-bond acceptors (Lipinski definition) is 4. The average molecular weight is 303 g/mol. The van der Waals surface area contributed by atoms with Gasteiger partial charge >= 0.3 is 12.0 Å². The van der Waals surface area contributed by atoms with E-state index < -0.39 is 18.0 Å². The second kappa shape index (κ2) is 5.61. The molecule has 0 saturated carbocycles. The molecule has 1 unspecified atom stereocenters. The van der Waals surface area contributed by atoms with Crippen LogP contribution < -0.4 is 5.32 Å². The number of aliphatic carboxylic acids is 1. The van der Waals surface area contributed by atoms with Crippen molar-refractivity contribution in [2.75, 3.05) is 16.9 Å². The summed E-state index contributed by atoms with van der Waals surface area (Å²) >= 11 is 1.43. The van der Waals surface area contributed by atoms with Gasteiger partial charge in [-0.05, 0) is 12.1 Å². The van der Waals surface area contributed by atoms with Crippen LogP contribution in [0.25, 0.3) is 10.9 Å². The number of hydrogen-bond donors (Lipinski definition) is 2. The number of nitrogens with zero attached hydrogens (tertiary/aromatic N) is 2. The monoisotopic (exact) mass is 303 g/mol. The summed E-state index contributed by atoms with van der Waals surface area (Å²) in [5, 5.41) is 12.7. The molecule has 0 aliphatic carbocycles. The number of thioether (sulfide) groups is 1. The molecule has 2 aromatic rings. The number of carbonyl (C=O) groups excluding carboxylic acids is 1. The summed E-state index contributed by atoms with van der Waals surface area (Å²) in [6.07, 6.45) is 1.57. The van der Waals surface area contributed by atoms with Crippen LogP contribution in [0.1, 0.15) is 0 Å². The van der Waals surface area contributed by atoms with Gasteiger partial charge in [-0.2, -0.15) is 0 Å².